The lowest BCUT2D eigenvalue weighted by Gasteiger charge is -2.25. The minimum atomic E-state index is -0.739. The molecule has 0 heterocycles. The number of ether oxygens (including phenoxy) is 1. The number of amides is 2. The van der Waals surface area contributed by atoms with Gasteiger partial charge in [-0.05, 0) is 104 Å². The van der Waals surface area contributed by atoms with Crippen LogP contribution >= 0.6 is 0 Å². The zero-order chi connectivity index (χ0) is 43.9. The number of esters is 1. The molecule has 10 heteroatoms. The number of nitrogens with zero attached hydrogens (tertiary/aromatic N) is 2. The van der Waals surface area contributed by atoms with Crippen LogP contribution in [0, 0.1) is 64.1 Å². The smallest absolute Gasteiger partial charge is 0.306 e. The van der Waals surface area contributed by atoms with Crippen LogP contribution in [-0.2, 0) is 28.7 Å². The van der Waals surface area contributed by atoms with E-state index in [1.54, 1.807) is 0 Å². The molecule has 2 aromatic rings. The second-order valence-corrected chi connectivity index (χ2v) is 19.0. The number of Topliss-reactive ketones (excluding diaryl/α,β-unsaturated/α-hetero) is 2. The van der Waals surface area contributed by atoms with Crippen LogP contribution in [0.4, 0.5) is 0 Å². The molecule has 10 nitrogen and oxygen atoms in total. The van der Waals surface area contributed by atoms with Gasteiger partial charge in [0.05, 0.1) is 18.6 Å². The zero-order valence-corrected chi connectivity index (χ0v) is 37.0. The second kappa shape index (κ2) is 23.4. The number of rotatable bonds is 19. The molecule has 0 radical (unpaired) electrons. The second-order valence-electron chi connectivity index (χ2n) is 19.0. The summed E-state index contributed by atoms with van der Waals surface area (Å²) in [5, 5.41) is 24.8. The quantitative estimate of drug-likeness (QED) is 0.132. The zero-order valence-electron chi connectivity index (χ0n) is 37.0. The SMILES string of the molecule is CC(C)C[C@H](CC(=O)OCC1c2ccccc2-c2ccccc21)C(=O)N[C@H](C#N)C[C@@H]1CCCCC1=O.CC(C)C[C@H](CCC1CC1)C(=O)N[C@H](C#N)C[C@@H]1CCCCC1=O. The van der Waals surface area contributed by atoms with Crippen LogP contribution in [0.5, 0.6) is 0 Å². The molecule has 4 aliphatic carbocycles. The van der Waals surface area contributed by atoms with Crippen molar-refractivity contribution in [2.45, 2.75) is 155 Å². The Morgan fingerprint density at radius 2 is 1.16 bits per heavy atom. The first kappa shape index (κ1) is 47.2. The largest absolute Gasteiger partial charge is 0.465 e. The monoisotopic (exact) mass is 833 g/mol. The average Bonchev–Trinajstić information content (AvgIpc) is 4.02. The van der Waals surface area contributed by atoms with Gasteiger partial charge in [0, 0.05) is 42.4 Å². The Kier molecular flexibility index (Phi) is 18.1. The lowest BCUT2D eigenvalue weighted by atomic mass is 9.83. The van der Waals surface area contributed by atoms with Crippen molar-refractivity contribution in [2.24, 2.45) is 41.4 Å². The van der Waals surface area contributed by atoms with E-state index in [-0.39, 0.29) is 66.0 Å². The summed E-state index contributed by atoms with van der Waals surface area (Å²) in [6, 6.07) is 19.4. The molecular formula is C51H68N4O6. The van der Waals surface area contributed by atoms with Crippen molar-refractivity contribution in [2.75, 3.05) is 6.61 Å². The van der Waals surface area contributed by atoms with Gasteiger partial charge in [-0.3, -0.25) is 24.0 Å². The van der Waals surface area contributed by atoms with E-state index in [0.717, 1.165) is 86.0 Å². The third-order valence-corrected chi connectivity index (χ3v) is 13.0. The Morgan fingerprint density at radius 1 is 0.689 bits per heavy atom. The predicted molar refractivity (Wildman–Crippen MR) is 235 cm³/mol. The molecule has 0 unspecified atom stereocenters. The van der Waals surface area contributed by atoms with E-state index < -0.39 is 24.0 Å². The molecule has 4 aliphatic rings. The molecule has 3 saturated carbocycles. The van der Waals surface area contributed by atoms with Crippen LogP contribution in [0.25, 0.3) is 11.1 Å². The number of nitrogens with one attached hydrogen (secondary N) is 2. The molecule has 0 spiro atoms. The first-order valence-electron chi connectivity index (χ1n) is 23.2. The van der Waals surface area contributed by atoms with E-state index in [9.17, 15) is 34.5 Å². The number of benzene rings is 2. The van der Waals surface area contributed by atoms with Crippen LogP contribution in [-0.4, -0.2) is 48.0 Å². The normalized spacial score (nSPS) is 20.5. The van der Waals surface area contributed by atoms with E-state index in [2.05, 4.69) is 60.9 Å². The number of nitriles is 2. The third kappa shape index (κ3) is 14.4. The van der Waals surface area contributed by atoms with E-state index >= 15 is 0 Å². The molecule has 6 rings (SSSR count). The van der Waals surface area contributed by atoms with Gasteiger partial charge >= 0.3 is 5.97 Å². The Labute approximate surface area is 364 Å². The Morgan fingerprint density at radius 3 is 1.62 bits per heavy atom. The number of hydrogen-bond donors (Lipinski definition) is 2. The van der Waals surface area contributed by atoms with E-state index in [1.807, 2.05) is 38.1 Å². The lowest BCUT2D eigenvalue weighted by Crippen LogP contribution is -2.41. The maximum absolute atomic E-state index is 13.1. The number of carbonyl (C=O) groups excluding carboxylic acids is 5. The Balaban J connectivity index is 0.000000254. The van der Waals surface area contributed by atoms with Crippen molar-refractivity contribution in [3.05, 3.63) is 59.7 Å². The predicted octanol–water partition coefficient (Wildman–Crippen LogP) is 9.55. The van der Waals surface area contributed by atoms with Gasteiger partial charge in [-0.25, -0.2) is 0 Å². The van der Waals surface area contributed by atoms with Gasteiger partial charge in [-0.1, -0.05) is 102 Å². The van der Waals surface area contributed by atoms with E-state index in [1.165, 1.54) is 12.8 Å². The van der Waals surface area contributed by atoms with Crippen LogP contribution in [0.15, 0.2) is 48.5 Å². The van der Waals surface area contributed by atoms with Crippen LogP contribution < -0.4 is 10.6 Å². The minimum Gasteiger partial charge on any atom is -0.465 e. The van der Waals surface area contributed by atoms with Crippen LogP contribution in [0.2, 0.25) is 0 Å². The highest BCUT2D eigenvalue weighted by atomic mass is 16.5. The van der Waals surface area contributed by atoms with Gasteiger partial charge in [0.1, 0.15) is 30.3 Å². The molecule has 61 heavy (non-hydrogen) atoms. The molecule has 2 N–H and O–H groups in total. The first-order valence-corrected chi connectivity index (χ1v) is 23.2. The number of carbonyl (C=O) groups is 5. The summed E-state index contributed by atoms with van der Waals surface area (Å²) in [6.07, 6.45) is 13.5. The third-order valence-electron chi connectivity index (χ3n) is 13.0. The standard InChI is InChI=1S/C31H36N2O4.C20H32N2O2/c1-20(2)15-22(31(36)33-23(18-32)16-21-9-3-8-14-29(21)34)17-30(35)37-19-28-26-12-6-4-10-24(26)25-11-5-7-13-27(25)28;1-14(2)11-17(10-9-15-7-8-15)20(24)22-18(13-21)12-16-5-3-4-6-19(16)23/h4-7,10-13,20-23,28H,3,8-9,14-17,19H2,1-2H3,(H,33,36);14-18H,3-12H2,1-2H3,(H,22,24)/t21-,22+,23-;16-,17-,18-/m00/s1. The fraction of sp³-hybridized carbons (Fsp3) is 0.627. The summed E-state index contributed by atoms with van der Waals surface area (Å²) in [4.78, 5) is 62.9. The molecule has 328 valence electrons. The molecule has 0 saturated heterocycles. The van der Waals surface area contributed by atoms with Gasteiger partial charge in [-0.2, -0.15) is 10.5 Å². The topological polar surface area (TPSA) is 166 Å². The minimum absolute atomic E-state index is 0.00325. The van der Waals surface area contributed by atoms with Crippen molar-refractivity contribution < 1.29 is 28.7 Å². The van der Waals surface area contributed by atoms with Crippen molar-refractivity contribution >= 4 is 29.4 Å². The van der Waals surface area contributed by atoms with Crippen molar-refractivity contribution in [1.82, 2.24) is 10.6 Å². The van der Waals surface area contributed by atoms with Crippen molar-refractivity contribution in [3.63, 3.8) is 0 Å². The average molecular weight is 833 g/mol. The fourth-order valence-corrected chi connectivity index (χ4v) is 9.54. The molecule has 6 atom stereocenters. The Bertz CT molecular complexity index is 1860. The molecule has 0 bridgehead atoms. The summed E-state index contributed by atoms with van der Waals surface area (Å²) in [5.74, 6) is 0.359. The van der Waals surface area contributed by atoms with Crippen LogP contribution in [0.1, 0.15) is 154 Å². The van der Waals surface area contributed by atoms with E-state index in [0.29, 0.717) is 38.0 Å². The summed E-state index contributed by atoms with van der Waals surface area (Å²) in [5.41, 5.74) is 4.61. The highest BCUT2D eigenvalue weighted by Crippen LogP contribution is 2.44. The molecule has 2 aromatic carbocycles. The highest BCUT2D eigenvalue weighted by molar-refractivity contribution is 5.85. The van der Waals surface area contributed by atoms with Gasteiger partial charge < -0.3 is 15.4 Å². The van der Waals surface area contributed by atoms with Crippen molar-refractivity contribution in [1.29, 1.82) is 10.5 Å². The molecule has 0 aliphatic heterocycles. The number of fused-ring (bicyclic) bond motifs is 3. The molecular weight excluding hydrogens is 765 g/mol. The maximum Gasteiger partial charge on any atom is 0.306 e. The van der Waals surface area contributed by atoms with Gasteiger partial charge in [-0.15, -0.1) is 0 Å². The maximum atomic E-state index is 13.1. The number of ketones is 2. The first-order chi connectivity index (χ1) is 29.4. The van der Waals surface area contributed by atoms with Gasteiger partial charge in [0.25, 0.3) is 0 Å². The molecule has 0 aromatic heterocycles. The fourth-order valence-electron chi connectivity index (χ4n) is 9.54. The summed E-state index contributed by atoms with van der Waals surface area (Å²) < 4.78 is 5.74. The Hall–Kier alpha value is -4.83. The summed E-state index contributed by atoms with van der Waals surface area (Å²) in [6.45, 7) is 8.49. The number of hydrogen-bond acceptors (Lipinski definition) is 8. The molecule has 3 fully saturated rings. The summed E-state index contributed by atoms with van der Waals surface area (Å²) >= 11 is 0. The van der Waals surface area contributed by atoms with Gasteiger partial charge in [0.2, 0.25) is 11.8 Å². The lowest BCUT2D eigenvalue weighted by molar-refractivity contribution is -0.147. The van der Waals surface area contributed by atoms with Gasteiger partial charge in [0.15, 0.2) is 0 Å². The molecule has 2 amide bonds. The van der Waals surface area contributed by atoms with Crippen LogP contribution in [0.3, 0.4) is 0 Å². The summed E-state index contributed by atoms with van der Waals surface area (Å²) in [7, 11) is 0. The van der Waals surface area contributed by atoms with E-state index in [4.69, 9.17) is 4.74 Å². The van der Waals surface area contributed by atoms with Crippen molar-refractivity contribution in [3.8, 4) is 23.3 Å². The highest BCUT2D eigenvalue weighted by Gasteiger charge is 2.33.